The number of rotatable bonds is 12. The van der Waals surface area contributed by atoms with Gasteiger partial charge in [-0.15, -0.1) is 13.2 Å². The average molecular weight is 338 g/mol. The van der Waals surface area contributed by atoms with E-state index in [1.165, 1.54) is 48.5 Å². The lowest BCUT2D eigenvalue weighted by molar-refractivity contribution is 0.636. The van der Waals surface area contributed by atoms with Crippen molar-refractivity contribution < 1.29 is 0 Å². The molecule has 0 aromatic carbocycles. The van der Waals surface area contributed by atoms with Crippen LogP contribution in [0, 0.1) is 0 Å². The molecule has 3 heteroatoms. The molecule has 0 bridgehead atoms. The molecule has 1 nitrogen and oxygen atoms in total. The van der Waals surface area contributed by atoms with Crippen molar-refractivity contribution in [2.45, 2.75) is 84.2 Å². The van der Waals surface area contributed by atoms with Gasteiger partial charge in [0, 0.05) is 6.54 Å². The smallest absolute Gasteiger partial charge is 0.0795 e. The first kappa shape index (κ1) is 21.6. The van der Waals surface area contributed by atoms with Gasteiger partial charge in [0.15, 0.2) is 0 Å². The quantitative estimate of drug-likeness (QED) is 0.214. The van der Waals surface area contributed by atoms with Gasteiger partial charge >= 0.3 is 0 Å². The second-order valence-electron chi connectivity index (χ2n) is 8.14. The van der Waals surface area contributed by atoms with Crippen LogP contribution in [0.15, 0.2) is 28.5 Å². The van der Waals surface area contributed by atoms with Crippen molar-refractivity contribution in [3.05, 3.63) is 23.6 Å². The van der Waals surface area contributed by atoms with E-state index in [4.69, 9.17) is 0 Å². The lowest BCUT2D eigenvalue weighted by atomic mass is 10.1. The lowest BCUT2D eigenvalue weighted by Crippen LogP contribution is -2.27. The van der Waals surface area contributed by atoms with Gasteiger partial charge in [0.2, 0.25) is 0 Å². The maximum Gasteiger partial charge on any atom is 0.0795 e. The van der Waals surface area contributed by atoms with E-state index in [0.717, 1.165) is 12.6 Å². The number of nitrogens with zero attached hydrogens (tertiary/aromatic N) is 1. The van der Waals surface area contributed by atoms with Crippen LogP contribution < -0.4 is 0 Å². The third-order valence-electron chi connectivity index (χ3n) is 5.13. The van der Waals surface area contributed by atoms with Crippen LogP contribution in [0.5, 0.6) is 0 Å². The van der Waals surface area contributed by atoms with Crippen molar-refractivity contribution in [2.75, 3.05) is 6.54 Å². The molecule has 0 aliphatic heterocycles. The summed E-state index contributed by atoms with van der Waals surface area (Å²) in [7, 11) is -2.36. The van der Waals surface area contributed by atoms with Crippen molar-refractivity contribution in [1.82, 2.24) is 0 Å². The molecule has 0 N–H and O–H groups in total. The molecule has 0 atom stereocenters. The zero-order valence-corrected chi connectivity index (χ0v) is 18.1. The number of unbranched alkanes of at least 4 members (excludes halogenated alkanes) is 4. The molecule has 0 unspecified atom stereocenters. The standard InChI is InChI=1S/C19H39NSi2/c1-18(2)21(5,6)16-13-11-9-10-12-14-20-15-17-22(7,8)19(3)4/h15H,1,3,9-14,16-17H2,2,4-8H3. The highest BCUT2D eigenvalue weighted by molar-refractivity contribution is 6.85. The molecule has 0 aromatic heterocycles. The summed E-state index contributed by atoms with van der Waals surface area (Å²) in [5, 5.41) is 2.82. The summed E-state index contributed by atoms with van der Waals surface area (Å²) in [5.41, 5.74) is 0. The molecule has 0 rings (SSSR count). The van der Waals surface area contributed by atoms with Crippen LogP contribution in [0.3, 0.4) is 0 Å². The molecule has 0 aromatic rings. The summed E-state index contributed by atoms with van der Waals surface area (Å²) in [6, 6.07) is 2.55. The fourth-order valence-electron chi connectivity index (χ4n) is 2.07. The summed E-state index contributed by atoms with van der Waals surface area (Å²) >= 11 is 0. The maximum absolute atomic E-state index is 4.58. The summed E-state index contributed by atoms with van der Waals surface area (Å²) < 4.78 is 0. The van der Waals surface area contributed by atoms with E-state index in [2.05, 4.69) is 64.4 Å². The summed E-state index contributed by atoms with van der Waals surface area (Å²) in [6.07, 6.45) is 8.85. The molecule has 0 spiro atoms. The molecule has 22 heavy (non-hydrogen) atoms. The zero-order valence-electron chi connectivity index (χ0n) is 16.1. The number of aliphatic imine (C=N–C) groups is 1. The first-order valence-electron chi connectivity index (χ1n) is 8.90. The van der Waals surface area contributed by atoms with Crippen LogP contribution in [0.25, 0.3) is 0 Å². The van der Waals surface area contributed by atoms with Crippen LogP contribution >= 0.6 is 0 Å². The minimum Gasteiger partial charge on any atom is -0.298 e. The highest BCUT2D eigenvalue weighted by atomic mass is 28.3. The first-order chi connectivity index (χ1) is 10.1. The fourth-order valence-corrected chi connectivity index (χ4v) is 4.57. The Bertz CT molecular complexity index is 381. The summed E-state index contributed by atoms with van der Waals surface area (Å²) in [5.74, 6) is 0. The molecular formula is C19H39NSi2. The molecular weight excluding hydrogens is 298 g/mol. The average Bonchev–Trinajstić information content (AvgIpc) is 2.40. The van der Waals surface area contributed by atoms with E-state index in [0.29, 0.717) is 0 Å². The number of allylic oxidation sites excluding steroid dienone is 2. The molecule has 0 saturated carbocycles. The molecule has 0 heterocycles. The van der Waals surface area contributed by atoms with Gasteiger partial charge in [0.1, 0.15) is 0 Å². The van der Waals surface area contributed by atoms with Gasteiger partial charge in [-0.05, 0) is 32.5 Å². The van der Waals surface area contributed by atoms with E-state index in [9.17, 15) is 0 Å². The SMILES string of the molecule is C=C(C)[Si](C)(C)CC=NCCCCCCC[Si](C)(C)C(=C)C. The highest BCUT2D eigenvalue weighted by Crippen LogP contribution is 2.21. The van der Waals surface area contributed by atoms with Crippen molar-refractivity contribution >= 4 is 22.4 Å². The van der Waals surface area contributed by atoms with Crippen LogP contribution in [0.2, 0.25) is 38.3 Å². The highest BCUT2D eigenvalue weighted by Gasteiger charge is 2.20. The summed E-state index contributed by atoms with van der Waals surface area (Å²) in [4.78, 5) is 4.58. The van der Waals surface area contributed by atoms with Gasteiger partial charge in [-0.25, -0.2) is 0 Å². The summed E-state index contributed by atoms with van der Waals surface area (Å²) in [6.45, 7) is 23.3. The van der Waals surface area contributed by atoms with Gasteiger partial charge in [-0.2, -0.15) is 0 Å². The van der Waals surface area contributed by atoms with Crippen molar-refractivity contribution in [1.29, 1.82) is 0 Å². The molecule has 128 valence electrons. The van der Waals surface area contributed by atoms with E-state index in [1.807, 2.05) is 0 Å². The molecule has 0 aliphatic rings. The minimum atomic E-state index is -1.24. The minimum absolute atomic E-state index is 1.01. The van der Waals surface area contributed by atoms with Gasteiger partial charge in [0.05, 0.1) is 16.1 Å². The predicted molar refractivity (Wildman–Crippen MR) is 111 cm³/mol. The third kappa shape index (κ3) is 9.57. The van der Waals surface area contributed by atoms with E-state index >= 15 is 0 Å². The Labute approximate surface area is 142 Å². The largest absolute Gasteiger partial charge is 0.298 e. The van der Waals surface area contributed by atoms with Crippen molar-refractivity contribution in [2.24, 2.45) is 4.99 Å². The normalized spacial score (nSPS) is 12.8. The van der Waals surface area contributed by atoms with Gasteiger partial charge in [-0.1, -0.05) is 68.3 Å². The second kappa shape index (κ2) is 10.4. The first-order valence-corrected chi connectivity index (χ1v) is 15.3. The molecule has 0 saturated heterocycles. The van der Waals surface area contributed by atoms with E-state index < -0.39 is 16.1 Å². The number of hydrogen-bond donors (Lipinski definition) is 0. The van der Waals surface area contributed by atoms with E-state index in [1.54, 1.807) is 0 Å². The Kier molecular flexibility index (Phi) is 10.2. The van der Waals surface area contributed by atoms with Gasteiger partial charge < -0.3 is 0 Å². The molecule has 0 fully saturated rings. The topological polar surface area (TPSA) is 12.4 Å². The van der Waals surface area contributed by atoms with Gasteiger partial charge in [0.25, 0.3) is 0 Å². The van der Waals surface area contributed by atoms with Crippen molar-refractivity contribution in [3.8, 4) is 0 Å². The number of hydrogen-bond acceptors (Lipinski definition) is 1. The Hall–Kier alpha value is -0.416. The zero-order chi connectivity index (χ0) is 17.2. The van der Waals surface area contributed by atoms with Crippen LogP contribution in [-0.2, 0) is 0 Å². The molecule has 0 amide bonds. The van der Waals surface area contributed by atoms with E-state index in [-0.39, 0.29) is 0 Å². The second-order valence-corrected chi connectivity index (χ2v) is 18.3. The molecule has 0 aliphatic carbocycles. The fraction of sp³-hybridized carbons (Fsp3) is 0.737. The molecule has 0 radical (unpaired) electrons. The van der Waals surface area contributed by atoms with Crippen LogP contribution in [0.1, 0.15) is 46.0 Å². The predicted octanol–water partition coefficient (Wildman–Crippen LogP) is 6.66. The lowest BCUT2D eigenvalue weighted by Gasteiger charge is -2.22. The monoisotopic (exact) mass is 337 g/mol. The Morgan fingerprint density at radius 2 is 1.32 bits per heavy atom. The third-order valence-corrected chi connectivity index (χ3v) is 12.6. The van der Waals surface area contributed by atoms with Crippen LogP contribution in [0.4, 0.5) is 0 Å². The Balaban J connectivity index is 3.60. The van der Waals surface area contributed by atoms with Crippen LogP contribution in [-0.4, -0.2) is 28.9 Å². The Morgan fingerprint density at radius 1 is 0.818 bits per heavy atom. The maximum atomic E-state index is 4.58. The van der Waals surface area contributed by atoms with Crippen molar-refractivity contribution in [3.63, 3.8) is 0 Å². The Morgan fingerprint density at radius 3 is 1.86 bits per heavy atom. The van der Waals surface area contributed by atoms with Gasteiger partial charge in [-0.3, -0.25) is 4.99 Å².